The van der Waals surface area contributed by atoms with Crippen molar-refractivity contribution in [3.63, 3.8) is 0 Å². The molecular formula is C15H32N2S. The summed E-state index contributed by atoms with van der Waals surface area (Å²) in [6, 6.07) is 0.709. The maximum atomic E-state index is 6.13. The Bertz CT molecular complexity index is 235. The Kier molecular flexibility index (Phi) is 7.04. The second kappa shape index (κ2) is 7.76. The van der Waals surface area contributed by atoms with Gasteiger partial charge in [0.05, 0.1) is 0 Å². The lowest BCUT2D eigenvalue weighted by Gasteiger charge is -2.43. The molecule has 0 heterocycles. The first-order valence-corrected chi connectivity index (χ1v) is 8.85. The van der Waals surface area contributed by atoms with Gasteiger partial charge in [-0.1, -0.05) is 26.7 Å². The van der Waals surface area contributed by atoms with E-state index in [0.29, 0.717) is 11.5 Å². The molecule has 0 bridgehead atoms. The normalized spacial score (nSPS) is 30.7. The fraction of sp³-hybridized carbons (Fsp3) is 1.00. The average Bonchev–Trinajstić information content (AvgIpc) is 2.35. The van der Waals surface area contributed by atoms with Crippen LogP contribution in [0.25, 0.3) is 0 Å². The highest BCUT2D eigenvalue weighted by atomic mass is 32.2. The Morgan fingerprint density at radius 3 is 2.72 bits per heavy atom. The highest BCUT2D eigenvalue weighted by Gasteiger charge is 2.35. The Hall–Kier alpha value is 0.270. The minimum absolute atomic E-state index is 0.387. The molecule has 0 aromatic carbocycles. The van der Waals surface area contributed by atoms with Crippen molar-refractivity contribution in [3.05, 3.63) is 0 Å². The van der Waals surface area contributed by atoms with Crippen molar-refractivity contribution in [1.82, 2.24) is 4.90 Å². The van der Waals surface area contributed by atoms with Crippen LogP contribution in [0, 0.1) is 11.3 Å². The molecular weight excluding hydrogens is 240 g/mol. The van der Waals surface area contributed by atoms with Gasteiger partial charge in [0.25, 0.3) is 0 Å². The monoisotopic (exact) mass is 272 g/mol. The van der Waals surface area contributed by atoms with E-state index in [1.54, 1.807) is 0 Å². The van der Waals surface area contributed by atoms with E-state index < -0.39 is 0 Å². The van der Waals surface area contributed by atoms with Crippen LogP contribution in [0.15, 0.2) is 0 Å². The predicted molar refractivity (Wildman–Crippen MR) is 84.2 cm³/mol. The molecule has 0 amide bonds. The molecule has 1 saturated carbocycles. The van der Waals surface area contributed by atoms with Crippen LogP contribution in [0.3, 0.4) is 0 Å². The smallest absolute Gasteiger partial charge is 0.0180 e. The van der Waals surface area contributed by atoms with E-state index in [4.69, 9.17) is 5.73 Å². The molecule has 2 nitrogen and oxygen atoms in total. The fourth-order valence-corrected chi connectivity index (χ4v) is 4.44. The lowest BCUT2D eigenvalue weighted by Crippen LogP contribution is -2.47. The van der Waals surface area contributed by atoms with E-state index in [1.807, 2.05) is 11.8 Å². The number of rotatable bonds is 7. The molecule has 0 spiro atoms. The molecule has 108 valence electrons. The third-order valence-electron chi connectivity index (χ3n) is 4.66. The molecule has 3 heteroatoms. The molecule has 0 aromatic rings. The van der Waals surface area contributed by atoms with Gasteiger partial charge < -0.3 is 10.6 Å². The minimum Gasteiger partial charge on any atom is -0.330 e. The van der Waals surface area contributed by atoms with E-state index >= 15 is 0 Å². The highest BCUT2D eigenvalue weighted by molar-refractivity contribution is 7.98. The maximum absolute atomic E-state index is 6.13. The van der Waals surface area contributed by atoms with Gasteiger partial charge in [-0.05, 0) is 50.4 Å². The van der Waals surface area contributed by atoms with E-state index in [0.717, 1.165) is 12.5 Å². The average molecular weight is 273 g/mol. The molecule has 3 atom stereocenters. The van der Waals surface area contributed by atoms with Gasteiger partial charge in [-0.25, -0.2) is 0 Å². The summed E-state index contributed by atoms with van der Waals surface area (Å²) in [7, 11) is 2.29. The van der Waals surface area contributed by atoms with Crippen LogP contribution in [0.1, 0.15) is 46.0 Å². The summed E-state index contributed by atoms with van der Waals surface area (Å²) in [6.45, 7) is 6.74. The number of nitrogens with two attached hydrogens (primary N) is 1. The first-order valence-electron chi connectivity index (χ1n) is 7.46. The van der Waals surface area contributed by atoms with Gasteiger partial charge in [0.2, 0.25) is 0 Å². The summed E-state index contributed by atoms with van der Waals surface area (Å²) in [6.07, 6.45) is 8.86. The topological polar surface area (TPSA) is 29.3 Å². The zero-order chi connectivity index (χ0) is 13.6. The number of hydrogen-bond donors (Lipinski definition) is 1. The van der Waals surface area contributed by atoms with Gasteiger partial charge >= 0.3 is 0 Å². The SMILES string of the molecule is CCC(CSC)N(C)CC1(CN)CCCC(C)C1. The van der Waals surface area contributed by atoms with Crippen LogP contribution in [-0.4, -0.2) is 43.1 Å². The third-order valence-corrected chi connectivity index (χ3v) is 5.38. The van der Waals surface area contributed by atoms with Gasteiger partial charge in [0.15, 0.2) is 0 Å². The van der Waals surface area contributed by atoms with Gasteiger partial charge in [-0.15, -0.1) is 0 Å². The second-order valence-electron chi connectivity index (χ2n) is 6.34. The molecule has 2 N–H and O–H groups in total. The summed E-state index contributed by atoms with van der Waals surface area (Å²) in [5.74, 6) is 2.10. The molecule has 0 aromatic heterocycles. The summed E-state index contributed by atoms with van der Waals surface area (Å²) in [5.41, 5.74) is 6.52. The molecule has 0 aliphatic heterocycles. The van der Waals surface area contributed by atoms with Crippen molar-refractivity contribution >= 4 is 11.8 Å². The van der Waals surface area contributed by atoms with E-state index in [1.165, 1.54) is 44.4 Å². The summed E-state index contributed by atoms with van der Waals surface area (Å²) >= 11 is 1.96. The van der Waals surface area contributed by atoms with Crippen LogP contribution in [0.2, 0.25) is 0 Å². The zero-order valence-corrected chi connectivity index (χ0v) is 13.6. The summed E-state index contributed by atoms with van der Waals surface area (Å²) in [4.78, 5) is 2.57. The molecule has 18 heavy (non-hydrogen) atoms. The Labute approximate surface area is 118 Å². The maximum Gasteiger partial charge on any atom is 0.0180 e. The molecule has 3 unspecified atom stereocenters. The molecule has 0 radical (unpaired) electrons. The summed E-state index contributed by atoms with van der Waals surface area (Å²) < 4.78 is 0. The molecule has 1 rings (SSSR count). The number of hydrogen-bond acceptors (Lipinski definition) is 3. The zero-order valence-electron chi connectivity index (χ0n) is 12.7. The first kappa shape index (κ1) is 16.3. The van der Waals surface area contributed by atoms with Gasteiger partial charge in [0, 0.05) is 18.3 Å². The van der Waals surface area contributed by atoms with Crippen molar-refractivity contribution in [2.24, 2.45) is 17.1 Å². The van der Waals surface area contributed by atoms with E-state index in [9.17, 15) is 0 Å². The Balaban J connectivity index is 2.60. The van der Waals surface area contributed by atoms with Crippen LogP contribution in [0.4, 0.5) is 0 Å². The minimum atomic E-state index is 0.387. The van der Waals surface area contributed by atoms with Crippen molar-refractivity contribution in [3.8, 4) is 0 Å². The predicted octanol–water partition coefficient (Wildman–Crippen LogP) is 3.22. The molecule has 1 fully saturated rings. The number of thioether (sulfide) groups is 1. The van der Waals surface area contributed by atoms with Crippen molar-refractivity contribution in [1.29, 1.82) is 0 Å². The van der Waals surface area contributed by atoms with Crippen molar-refractivity contribution < 1.29 is 0 Å². The Morgan fingerprint density at radius 1 is 1.50 bits per heavy atom. The van der Waals surface area contributed by atoms with Crippen LogP contribution >= 0.6 is 11.8 Å². The number of nitrogens with zero attached hydrogens (tertiary/aromatic N) is 1. The van der Waals surface area contributed by atoms with Crippen LogP contribution in [0.5, 0.6) is 0 Å². The second-order valence-corrected chi connectivity index (χ2v) is 7.25. The summed E-state index contributed by atoms with van der Waals surface area (Å²) in [5, 5.41) is 0. The van der Waals surface area contributed by atoms with E-state index in [2.05, 4.69) is 32.1 Å². The standard InChI is InChI=1S/C15H32N2S/c1-5-14(10-18-4)17(3)12-15(11-16)8-6-7-13(2)9-15/h13-14H,5-12,16H2,1-4H3. The Morgan fingerprint density at radius 2 is 2.22 bits per heavy atom. The lowest BCUT2D eigenvalue weighted by atomic mass is 9.69. The fourth-order valence-electron chi connectivity index (χ4n) is 3.57. The van der Waals surface area contributed by atoms with Crippen LogP contribution < -0.4 is 5.73 Å². The van der Waals surface area contributed by atoms with Crippen LogP contribution in [-0.2, 0) is 0 Å². The van der Waals surface area contributed by atoms with E-state index in [-0.39, 0.29) is 0 Å². The molecule has 0 saturated heterocycles. The largest absolute Gasteiger partial charge is 0.330 e. The third kappa shape index (κ3) is 4.43. The first-order chi connectivity index (χ1) is 8.56. The quantitative estimate of drug-likeness (QED) is 0.771. The van der Waals surface area contributed by atoms with Crippen molar-refractivity contribution in [2.75, 3.05) is 32.1 Å². The lowest BCUT2D eigenvalue weighted by molar-refractivity contribution is 0.0841. The molecule has 1 aliphatic carbocycles. The molecule has 1 aliphatic rings. The van der Waals surface area contributed by atoms with Gasteiger partial charge in [-0.2, -0.15) is 11.8 Å². The van der Waals surface area contributed by atoms with Gasteiger partial charge in [0.1, 0.15) is 0 Å². The van der Waals surface area contributed by atoms with Crippen molar-refractivity contribution in [2.45, 2.75) is 52.0 Å². The van der Waals surface area contributed by atoms with Gasteiger partial charge in [-0.3, -0.25) is 0 Å². The highest BCUT2D eigenvalue weighted by Crippen LogP contribution is 2.39.